The molecular weight excluding hydrogens is 528 g/mol. The summed E-state index contributed by atoms with van der Waals surface area (Å²) in [5.41, 5.74) is 9.70. The zero-order valence-electron chi connectivity index (χ0n) is 22.4. The first-order valence-electron chi connectivity index (χ1n) is 13.6. The number of Topliss-reactive ketones (excluding diaryl/α,β-unsaturated/α-hetero) is 1. The summed E-state index contributed by atoms with van der Waals surface area (Å²) >= 11 is 0. The van der Waals surface area contributed by atoms with Crippen LogP contribution in [-0.2, 0) is 31.4 Å². The van der Waals surface area contributed by atoms with Crippen LogP contribution in [0.3, 0.4) is 0 Å². The Morgan fingerprint density at radius 1 is 1.00 bits per heavy atom. The van der Waals surface area contributed by atoms with Gasteiger partial charge in [0.05, 0.1) is 16.2 Å². The number of nitrogens with two attached hydrogens (primary N) is 1. The molecule has 2 N–H and O–H groups in total. The quantitative estimate of drug-likeness (QED) is 0.443. The minimum absolute atomic E-state index is 0.113. The minimum Gasteiger partial charge on any atom is -0.454 e. The van der Waals surface area contributed by atoms with Crippen molar-refractivity contribution in [2.24, 2.45) is 11.7 Å². The molecule has 9 heteroatoms. The number of piperidine rings is 1. The topological polar surface area (TPSA) is 116 Å². The van der Waals surface area contributed by atoms with Gasteiger partial charge in [0.15, 0.2) is 11.5 Å². The fourth-order valence-corrected chi connectivity index (χ4v) is 7.36. The normalized spacial score (nSPS) is 19.8. The van der Waals surface area contributed by atoms with Crippen molar-refractivity contribution < 1.29 is 27.5 Å². The first kappa shape index (κ1) is 26.5. The van der Waals surface area contributed by atoms with Crippen molar-refractivity contribution in [1.82, 2.24) is 4.31 Å². The number of benzene rings is 3. The van der Waals surface area contributed by atoms with E-state index in [2.05, 4.69) is 0 Å². The van der Waals surface area contributed by atoms with E-state index in [4.69, 9.17) is 15.2 Å². The van der Waals surface area contributed by atoms with Crippen LogP contribution in [0.1, 0.15) is 42.4 Å². The summed E-state index contributed by atoms with van der Waals surface area (Å²) in [6.07, 6.45) is 3.15. The Bertz CT molecular complexity index is 1590. The molecule has 3 aliphatic rings. The molecule has 2 fully saturated rings. The van der Waals surface area contributed by atoms with Gasteiger partial charge in [-0.3, -0.25) is 9.59 Å². The van der Waals surface area contributed by atoms with Gasteiger partial charge in [0.25, 0.3) is 0 Å². The number of ketones is 1. The predicted octanol–water partition coefficient (Wildman–Crippen LogP) is 4.12. The number of hydrogen-bond donors (Lipinski definition) is 1. The lowest BCUT2D eigenvalue weighted by atomic mass is 9.87. The second-order valence-corrected chi connectivity index (χ2v) is 13.0. The van der Waals surface area contributed by atoms with E-state index in [-0.39, 0.29) is 24.0 Å². The highest BCUT2D eigenvalue weighted by molar-refractivity contribution is 7.89. The van der Waals surface area contributed by atoms with Crippen LogP contribution < -0.4 is 15.2 Å². The molecule has 1 aliphatic carbocycles. The Hall–Kier alpha value is -3.69. The molecule has 3 aromatic carbocycles. The zero-order valence-corrected chi connectivity index (χ0v) is 23.2. The molecule has 3 aromatic rings. The number of carbonyl (C=O) groups is 2. The molecule has 0 radical (unpaired) electrons. The lowest BCUT2D eigenvalue weighted by Gasteiger charge is -2.30. The fraction of sp³-hybridized carbons (Fsp3) is 0.355. The minimum atomic E-state index is -3.74. The number of nitrogens with zero attached hydrogens (tertiary/aromatic N) is 1. The van der Waals surface area contributed by atoms with Crippen LogP contribution in [0.4, 0.5) is 0 Å². The Labute approximate surface area is 234 Å². The average molecular weight is 561 g/mol. The van der Waals surface area contributed by atoms with Crippen LogP contribution in [0.2, 0.25) is 0 Å². The van der Waals surface area contributed by atoms with Gasteiger partial charge in [-0.15, -0.1) is 0 Å². The van der Waals surface area contributed by atoms with E-state index in [1.54, 1.807) is 24.3 Å². The Morgan fingerprint density at radius 2 is 1.75 bits per heavy atom. The molecule has 1 unspecified atom stereocenters. The number of aryl methyl sites for hydroxylation is 1. The van der Waals surface area contributed by atoms with Crippen molar-refractivity contribution in [3.8, 4) is 22.6 Å². The maximum Gasteiger partial charge on any atom is 0.243 e. The van der Waals surface area contributed by atoms with E-state index in [1.165, 1.54) is 4.31 Å². The van der Waals surface area contributed by atoms with Crippen molar-refractivity contribution in [3.63, 3.8) is 0 Å². The van der Waals surface area contributed by atoms with Crippen molar-refractivity contribution in [3.05, 3.63) is 77.4 Å². The van der Waals surface area contributed by atoms with Crippen molar-refractivity contribution >= 4 is 21.7 Å². The maximum absolute atomic E-state index is 13.5. The Morgan fingerprint density at radius 3 is 2.48 bits per heavy atom. The van der Waals surface area contributed by atoms with Crippen molar-refractivity contribution in [1.29, 1.82) is 0 Å². The zero-order chi connectivity index (χ0) is 28.1. The molecule has 1 amide bonds. The SMILES string of the molecule is Cc1ccc(CC(=O)C2(c3ccc4c(c3)OCO4)CC2)cc1-c1ccc(S(=O)(=O)N2CCCC(C(N)=O)C2)cc1. The van der Waals surface area contributed by atoms with Crippen molar-refractivity contribution in [2.45, 2.75) is 49.3 Å². The van der Waals surface area contributed by atoms with Crippen molar-refractivity contribution in [2.75, 3.05) is 19.9 Å². The molecule has 1 saturated carbocycles. The number of carbonyl (C=O) groups excluding carboxylic acids is 2. The standard InChI is InChI=1S/C31H32N2O6S/c1-20-4-5-21(16-29(34)31(12-13-31)24-8-11-27-28(17-24)39-19-38-27)15-26(20)22-6-9-25(10-7-22)40(36,37)33-14-2-3-23(18-33)30(32)35/h4-11,15,17,23H,2-3,12-14,16,18-19H2,1H3,(H2,32,35). The van der Waals surface area contributed by atoms with E-state index < -0.39 is 27.3 Å². The van der Waals surface area contributed by atoms with Gasteiger partial charge in [-0.25, -0.2) is 8.42 Å². The highest BCUT2D eigenvalue weighted by atomic mass is 32.2. The molecule has 2 heterocycles. The summed E-state index contributed by atoms with van der Waals surface area (Å²) in [6, 6.07) is 18.6. The van der Waals surface area contributed by atoms with Crippen LogP contribution in [0.25, 0.3) is 11.1 Å². The largest absolute Gasteiger partial charge is 0.454 e. The van der Waals surface area contributed by atoms with Gasteiger partial charge in [0.1, 0.15) is 5.78 Å². The third-order valence-electron chi connectivity index (χ3n) is 8.47. The van der Waals surface area contributed by atoms with E-state index >= 15 is 0 Å². The predicted molar refractivity (Wildman–Crippen MR) is 149 cm³/mol. The number of hydrogen-bond acceptors (Lipinski definition) is 6. The molecule has 40 heavy (non-hydrogen) atoms. The molecular formula is C31H32N2O6S. The highest BCUT2D eigenvalue weighted by Crippen LogP contribution is 2.51. The number of fused-ring (bicyclic) bond motifs is 1. The summed E-state index contributed by atoms with van der Waals surface area (Å²) in [5.74, 6) is 0.647. The van der Waals surface area contributed by atoms with E-state index in [9.17, 15) is 18.0 Å². The molecule has 0 spiro atoms. The molecule has 1 atom stereocenters. The third kappa shape index (κ3) is 4.77. The monoisotopic (exact) mass is 560 g/mol. The molecule has 0 bridgehead atoms. The van der Waals surface area contributed by atoms with Crippen LogP contribution in [0.15, 0.2) is 65.6 Å². The fourth-order valence-electron chi connectivity index (χ4n) is 5.84. The van der Waals surface area contributed by atoms with Crippen LogP contribution in [-0.4, -0.2) is 44.3 Å². The first-order chi connectivity index (χ1) is 19.2. The Balaban J connectivity index is 1.20. The molecule has 208 valence electrons. The summed E-state index contributed by atoms with van der Waals surface area (Å²) < 4.78 is 38.8. The molecule has 2 aliphatic heterocycles. The maximum atomic E-state index is 13.5. The van der Waals surface area contributed by atoms with Gasteiger partial charge in [-0.05, 0) is 84.7 Å². The number of ether oxygens (including phenoxy) is 2. The van der Waals surface area contributed by atoms with Gasteiger partial charge in [0, 0.05) is 19.5 Å². The molecule has 0 aromatic heterocycles. The highest BCUT2D eigenvalue weighted by Gasteiger charge is 2.50. The van der Waals surface area contributed by atoms with Gasteiger partial charge in [-0.2, -0.15) is 4.31 Å². The Kier molecular flexibility index (Phi) is 6.67. The number of primary amides is 1. The molecule has 6 rings (SSSR count). The smallest absolute Gasteiger partial charge is 0.243 e. The summed E-state index contributed by atoms with van der Waals surface area (Å²) in [4.78, 5) is 25.3. The lowest BCUT2D eigenvalue weighted by Crippen LogP contribution is -2.44. The molecule has 1 saturated heterocycles. The number of rotatable bonds is 8. The summed E-state index contributed by atoms with van der Waals surface area (Å²) in [6.45, 7) is 2.68. The van der Waals surface area contributed by atoms with Gasteiger partial charge >= 0.3 is 0 Å². The number of sulfonamides is 1. The summed E-state index contributed by atoms with van der Waals surface area (Å²) in [5, 5.41) is 0. The second-order valence-electron chi connectivity index (χ2n) is 11.0. The molecule has 8 nitrogen and oxygen atoms in total. The lowest BCUT2D eigenvalue weighted by molar-refractivity contribution is -0.123. The van der Waals surface area contributed by atoms with Gasteiger partial charge in [-0.1, -0.05) is 36.4 Å². The number of amides is 1. The first-order valence-corrected chi connectivity index (χ1v) is 15.0. The summed E-state index contributed by atoms with van der Waals surface area (Å²) in [7, 11) is -3.74. The average Bonchev–Trinajstić information content (AvgIpc) is 3.64. The second kappa shape index (κ2) is 10.1. The van der Waals surface area contributed by atoms with Gasteiger partial charge in [0.2, 0.25) is 22.7 Å². The van der Waals surface area contributed by atoms with Crippen LogP contribution >= 0.6 is 0 Å². The van der Waals surface area contributed by atoms with Crippen LogP contribution in [0, 0.1) is 12.8 Å². The van der Waals surface area contributed by atoms with E-state index in [1.807, 2.05) is 43.3 Å². The third-order valence-corrected chi connectivity index (χ3v) is 10.3. The van der Waals surface area contributed by atoms with Crippen LogP contribution in [0.5, 0.6) is 11.5 Å². The van der Waals surface area contributed by atoms with E-state index in [0.29, 0.717) is 37.3 Å². The van der Waals surface area contributed by atoms with E-state index in [0.717, 1.165) is 40.7 Å². The van der Waals surface area contributed by atoms with Gasteiger partial charge < -0.3 is 15.2 Å².